The molecule has 0 saturated heterocycles. The van der Waals surface area contributed by atoms with Crippen molar-refractivity contribution in [2.24, 2.45) is 0 Å². The Morgan fingerprint density at radius 2 is 2.08 bits per heavy atom. The van der Waals surface area contributed by atoms with Crippen molar-refractivity contribution in [2.75, 3.05) is 5.33 Å². The monoisotopic (exact) mass is 237 g/mol. The summed E-state index contributed by atoms with van der Waals surface area (Å²) in [5.74, 6) is 0. The minimum absolute atomic E-state index is 1.07. The summed E-state index contributed by atoms with van der Waals surface area (Å²) in [6, 6.07) is 8.48. The molecule has 0 spiro atoms. The number of aryl methyl sites for hydroxylation is 1. The highest BCUT2D eigenvalue weighted by Gasteiger charge is 2.00. The number of hydrogen-bond acceptors (Lipinski definition) is 0. The highest BCUT2D eigenvalue weighted by Crippen LogP contribution is 2.18. The van der Waals surface area contributed by atoms with E-state index in [-0.39, 0.29) is 0 Å². The molecule has 1 N–H and O–H groups in total. The standard InChI is InChI=1S/C11H12BrN/c12-7-3-6-11-10-5-2-1-4-9(10)8-13-11/h1-2,4-5,8,13H,3,6-7H2. The van der Waals surface area contributed by atoms with Crippen LogP contribution in [0.4, 0.5) is 0 Å². The fourth-order valence-electron chi connectivity index (χ4n) is 1.59. The maximum Gasteiger partial charge on any atom is 0.0227 e. The van der Waals surface area contributed by atoms with Gasteiger partial charge in [-0.3, -0.25) is 0 Å². The third kappa shape index (κ3) is 1.78. The zero-order valence-corrected chi connectivity index (χ0v) is 8.97. The summed E-state index contributed by atoms with van der Waals surface area (Å²) >= 11 is 3.45. The van der Waals surface area contributed by atoms with Crippen molar-refractivity contribution in [2.45, 2.75) is 12.8 Å². The van der Waals surface area contributed by atoms with E-state index in [1.807, 2.05) is 0 Å². The van der Waals surface area contributed by atoms with Gasteiger partial charge in [0.05, 0.1) is 0 Å². The van der Waals surface area contributed by atoms with Crippen LogP contribution in [0.15, 0.2) is 30.5 Å². The van der Waals surface area contributed by atoms with E-state index in [9.17, 15) is 0 Å². The van der Waals surface area contributed by atoms with E-state index in [2.05, 4.69) is 51.4 Å². The van der Waals surface area contributed by atoms with Gasteiger partial charge in [-0.2, -0.15) is 0 Å². The summed E-state index contributed by atoms with van der Waals surface area (Å²) in [7, 11) is 0. The molecular weight excluding hydrogens is 226 g/mol. The molecule has 68 valence electrons. The van der Waals surface area contributed by atoms with E-state index in [1.54, 1.807) is 0 Å². The first-order chi connectivity index (χ1) is 6.42. The van der Waals surface area contributed by atoms with Gasteiger partial charge < -0.3 is 4.98 Å². The molecule has 1 aromatic heterocycles. The summed E-state index contributed by atoms with van der Waals surface area (Å²) in [6.07, 6.45) is 4.39. The quantitative estimate of drug-likeness (QED) is 0.787. The Kier molecular flexibility index (Phi) is 2.69. The topological polar surface area (TPSA) is 15.8 Å². The fourth-order valence-corrected chi connectivity index (χ4v) is 1.87. The van der Waals surface area contributed by atoms with Crippen LogP contribution in [0.3, 0.4) is 0 Å². The van der Waals surface area contributed by atoms with Crippen molar-refractivity contribution < 1.29 is 0 Å². The Hall–Kier alpha value is -0.760. The van der Waals surface area contributed by atoms with Gasteiger partial charge in [0.15, 0.2) is 0 Å². The third-order valence-corrected chi connectivity index (χ3v) is 2.81. The molecule has 1 aromatic carbocycles. The van der Waals surface area contributed by atoms with Crippen LogP contribution < -0.4 is 0 Å². The second kappa shape index (κ2) is 3.97. The number of hydrogen-bond donors (Lipinski definition) is 1. The predicted molar refractivity (Wildman–Crippen MR) is 60.4 cm³/mol. The molecule has 0 radical (unpaired) electrons. The molecule has 1 nitrogen and oxygen atoms in total. The number of alkyl halides is 1. The summed E-state index contributed by atoms with van der Waals surface area (Å²) in [5.41, 5.74) is 1.36. The average Bonchev–Trinajstić information content (AvgIpc) is 2.58. The van der Waals surface area contributed by atoms with Gasteiger partial charge >= 0.3 is 0 Å². The highest BCUT2D eigenvalue weighted by atomic mass is 79.9. The van der Waals surface area contributed by atoms with Gasteiger partial charge in [0.25, 0.3) is 0 Å². The first-order valence-corrected chi connectivity index (χ1v) is 5.65. The Balaban J connectivity index is 2.35. The highest BCUT2D eigenvalue weighted by molar-refractivity contribution is 9.09. The molecule has 0 amide bonds. The van der Waals surface area contributed by atoms with E-state index < -0.39 is 0 Å². The van der Waals surface area contributed by atoms with Crippen LogP contribution in [-0.4, -0.2) is 10.3 Å². The summed E-state index contributed by atoms with van der Waals surface area (Å²) in [5, 5.41) is 3.75. The summed E-state index contributed by atoms with van der Waals surface area (Å²) in [4.78, 5) is 3.33. The van der Waals surface area contributed by atoms with Crippen molar-refractivity contribution in [1.82, 2.24) is 4.98 Å². The first-order valence-electron chi connectivity index (χ1n) is 4.53. The van der Waals surface area contributed by atoms with E-state index >= 15 is 0 Å². The number of nitrogens with one attached hydrogen (secondary N) is 1. The Labute approximate surface area is 86.3 Å². The van der Waals surface area contributed by atoms with Crippen LogP contribution >= 0.6 is 15.9 Å². The van der Waals surface area contributed by atoms with Gasteiger partial charge in [0.2, 0.25) is 0 Å². The minimum atomic E-state index is 1.07. The van der Waals surface area contributed by atoms with E-state index in [4.69, 9.17) is 0 Å². The molecule has 2 rings (SSSR count). The van der Waals surface area contributed by atoms with Crippen LogP contribution in [0.25, 0.3) is 10.8 Å². The van der Waals surface area contributed by atoms with Gasteiger partial charge in [-0.25, -0.2) is 0 Å². The summed E-state index contributed by atoms with van der Waals surface area (Å²) in [6.45, 7) is 0. The molecule has 0 bridgehead atoms. The van der Waals surface area contributed by atoms with Gasteiger partial charge in [0, 0.05) is 22.6 Å². The van der Waals surface area contributed by atoms with Crippen molar-refractivity contribution in [3.05, 3.63) is 36.2 Å². The number of fused-ring (bicyclic) bond motifs is 1. The lowest BCUT2D eigenvalue weighted by Gasteiger charge is -1.96. The van der Waals surface area contributed by atoms with Crippen molar-refractivity contribution in [3.63, 3.8) is 0 Å². The van der Waals surface area contributed by atoms with Gasteiger partial charge in [-0.1, -0.05) is 40.2 Å². The zero-order valence-electron chi connectivity index (χ0n) is 7.39. The SMILES string of the molecule is BrCCCc1[nH]cc2ccccc12. The van der Waals surface area contributed by atoms with Crippen LogP contribution in [0, 0.1) is 0 Å². The lowest BCUT2D eigenvalue weighted by Crippen LogP contribution is -1.85. The Morgan fingerprint density at radius 1 is 1.23 bits per heavy atom. The molecular formula is C11H12BrN. The zero-order chi connectivity index (χ0) is 9.10. The molecule has 0 aliphatic heterocycles. The molecule has 0 unspecified atom stereocenters. The van der Waals surface area contributed by atoms with E-state index in [1.165, 1.54) is 22.9 Å². The van der Waals surface area contributed by atoms with Crippen molar-refractivity contribution in [1.29, 1.82) is 0 Å². The molecule has 0 aliphatic carbocycles. The number of aromatic amines is 1. The van der Waals surface area contributed by atoms with Crippen molar-refractivity contribution in [3.8, 4) is 0 Å². The van der Waals surface area contributed by atoms with Gasteiger partial charge in [-0.15, -0.1) is 0 Å². The molecule has 1 heterocycles. The van der Waals surface area contributed by atoms with Crippen LogP contribution in [-0.2, 0) is 6.42 Å². The lowest BCUT2D eigenvalue weighted by atomic mass is 10.1. The van der Waals surface area contributed by atoms with Crippen molar-refractivity contribution >= 4 is 26.7 Å². The molecule has 0 aliphatic rings. The number of H-pyrrole nitrogens is 1. The normalized spacial score (nSPS) is 10.8. The number of halogens is 1. The molecule has 0 atom stereocenters. The average molecular weight is 238 g/mol. The van der Waals surface area contributed by atoms with Crippen LogP contribution in [0.5, 0.6) is 0 Å². The van der Waals surface area contributed by atoms with E-state index in [0.29, 0.717) is 0 Å². The maximum atomic E-state index is 3.45. The Morgan fingerprint density at radius 3 is 2.92 bits per heavy atom. The lowest BCUT2D eigenvalue weighted by molar-refractivity contribution is 0.915. The smallest absolute Gasteiger partial charge is 0.0227 e. The number of rotatable bonds is 3. The number of aromatic nitrogens is 1. The second-order valence-corrected chi connectivity index (χ2v) is 3.94. The number of benzene rings is 1. The molecule has 13 heavy (non-hydrogen) atoms. The molecule has 2 aromatic rings. The van der Waals surface area contributed by atoms with Crippen LogP contribution in [0.2, 0.25) is 0 Å². The largest absolute Gasteiger partial charge is 0.364 e. The predicted octanol–water partition coefficient (Wildman–Crippen LogP) is 3.50. The van der Waals surface area contributed by atoms with E-state index in [0.717, 1.165) is 11.8 Å². The molecule has 0 saturated carbocycles. The minimum Gasteiger partial charge on any atom is -0.364 e. The van der Waals surface area contributed by atoms with Gasteiger partial charge in [-0.05, 0) is 18.2 Å². The third-order valence-electron chi connectivity index (χ3n) is 2.25. The molecule has 2 heteroatoms. The van der Waals surface area contributed by atoms with Gasteiger partial charge in [0.1, 0.15) is 0 Å². The first kappa shape index (κ1) is 8.82. The van der Waals surface area contributed by atoms with Crippen LogP contribution in [0.1, 0.15) is 12.1 Å². The fraction of sp³-hybridized carbons (Fsp3) is 0.273. The maximum absolute atomic E-state index is 3.45. The summed E-state index contributed by atoms with van der Waals surface area (Å²) < 4.78 is 0. The second-order valence-electron chi connectivity index (χ2n) is 3.15. The Bertz CT molecular complexity index is 392. The molecule has 0 fully saturated rings.